The second-order valence-corrected chi connectivity index (χ2v) is 6.83. The van der Waals surface area contributed by atoms with Crippen molar-refractivity contribution in [3.8, 4) is 0 Å². The summed E-state index contributed by atoms with van der Waals surface area (Å²) in [6.45, 7) is 6.69. The summed E-state index contributed by atoms with van der Waals surface area (Å²) < 4.78 is 0. The maximum absolute atomic E-state index is 10.9. The molecule has 1 aliphatic heterocycles. The van der Waals surface area contributed by atoms with Crippen LogP contribution >= 0.6 is 11.3 Å². The van der Waals surface area contributed by atoms with Gasteiger partial charge in [-0.2, -0.15) is 4.98 Å². The molecular formula is C16H21N5O2S. The second-order valence-electron chi connectivity index (χ2n) is 5.89. The molecule has 1 aliphatic rings. The van der Waals surface area contributed by atoms with Gasteiger partial charge in [0.25, 0.3) is 0 Å². The van der Waals surface area contributed by atoms with Gasteiger partial charge in [0.15, 0.2) is 5.69 Å². The van der Waals surface area contributed by atoms with Gasteiger partial charge < -0.3 is 15.3 Å². The molecule has 0 aliphatic carbocycles. The van der Waals surface area contributed by atoms with Crippen molar-refractivity contribution in [1.29, 1.82) is 0 Å². The van der Waals surface area contributed by atoms with Gasteiger partial charge in [-0.05, 0) is 26.7 Å². The van der Waals surface area contributed by atoms with Crippen LogP contribution in [0.2, 0.25) is 0 Å². The number of thiazole rings is 1. The van der Waals surface area contributed by atoms with Crippen LogP contribution in [0.1, 0.15) is 39.6 Å². The molecule has 0 atom stereocenters. The molecular weight excluding hydrogens is 326 g/mol. The summed E-state index contributed by atoms with van der Waals surface area (Å²) in [6, 6.07) is 0. The third kappa shape index (κ3) is 3.64. The Bertz CT molecular complexity index is 740. The molecule has 1 fully saturated rings. The Morgan fingerprint density at radius 1 is 1.29 bits per heavy atom. The topological polar surface area (TPSA) is 91.2 Å². The Balaban J connectivity index is 1.66. The van der Waals surface area contributed by atoms with Crippen LogP contribution < -0.4 is 10.2 Å². The zero-order valence-corrected chi connectivity index (χ0v) is 14.7. The molecule has 0 spiro atoms. The second kappa shape index (κ2) is 7.12. The lowest BCUT2D eigenvalue weighted by Gasteiger charge is -2.18. The van der Waals surface area contributed by atoms with Crippen molar-refractivity contribution in [3.05, 3.63) is 27.3 Å². The first-order valence-corrected chi connectivity index (χ1v) is 8.94. The predicted molar refractivity (Wildman–Crippen MR) is 94.2 cm³/mol. The number of carbonyl (C=O) groups is 1. The van der Waals surface area contributed by atoms with Crippen molar-refractivity contribution < 1.29 is 9.90 Å². The molecule has 8 heteroatoms. The Morgan fingerprint density at radius 3 is 2.71 bits per heavy atom. The first-order valence-electron chi connectivity index (χ1n) is 8.06. The molecule has 3 heterocycles. The van der Waals surface area contributed by atoms with Crippen LogP contribution in [0.3, 0.4) is 0 Å². The summed E-state index contributed by atoms with van der Waals surface area (Å²) in [4.78, 5) is 26.5. The number of aryl methyl sites for hydroxylation is 1. The van der Waals surface area contributed by atoms with E-state index in [1.807, 2.05) is 13.8 Å². The van der Waals surface area contributed by atoms with Crippen molar-refractivity contribution in [2.75, 3.05) is 29.9 Å². The van der Waals surface area contributed by atoms with E-state index in [0.717, 1.165) is 41.1 Å². The van der Waals surface area contributed by atoms with Gasteiger partial charge in [0, 0.05) is 42.7 Å². The lowest BCUT2D eigenvalue weighted by atomic mass is 10.2. The minimum Gasteiger partial charge on any atom is -0.476 e. The molecule has 2 aromatic heterocycles. The maximum Gasteiger partial charge on any atom is 0.355 e. The van der Waals surface area contributed by atoms with Gasteiger partial charge in [-0.1, -0.05) is 0 Å². The zero-order valence-electron chi connectivity index (χ0n) is 13.9. The first kappa shape index (κ1) is 16.6. The van der Waals surface area contributed by atoms with Gasteiger partial charge in [-0.15, -0.1) is 11.3 Å². The van der Waals surface area contributed by atoms with Crippen LogP contribution in [0.5, 0.6) is 0 Å². The minimum absolute atomic E-state index is 0.111. The molecule has 0 aromatic carbocycles. The predicted octanol–water partition coefficient (Wildman–Crippen LogP) is 2.50. The largest absolute Gasteiger partial charge is 0.476 e. The van der Waals surface area contributed by atoms with Crippen molar-refractivity contribution in [2.24, 2.45) is 0 Å². The number of hydrogen-bond acceptors (Lipinski definition) is 7. The standard InChI is InChI=1S/C16H21N5O2S/c1-10-11(2)18-16(21-7-3-4-8-21)20-14(10)17-6-5-13-19-12(9-24-13)15(22)23/h9H,3-8H2,1-2H3,(H,22,23)(H,17,18,20). The zero-order chi connectivity index (χ0) is 17.1. The highest BCUT2D eigenvalue weighted by atomic mass is 32.1. The normalized spacial score (nSPS) is 14.2. The van der Waals surface area contributed by atoms with E-state index in [0.29, 0.717) is 13.0 Å². The van der Waals surface area contributed by atoms with Crippen LogP contribution in [0.25, 0.3) is 0 Å². The van der Waals surface area contributed by atoms with E-state index in [2.05, 4.69) is 25.2 Å². The number of anilines is 2. The van der Waals surface area contributed by atoms with E-state index in [9.17, 15) is 4.79 Å². The SMILES string of the molecule is Cc1nc(N2CCCC2)nc(NCCc2nc(C(=O)O)cs2)c1C. The highest BCUT2D eigenvalue weighted by Gasteiger charge is 2.17. The molecule has 1 saturated heterocycles. The molecule has 2 N–H and O–H groups in total. The molecule has 0 radical (unpaired) electrons. The highest BCUT2D eigenvalue weighted by Crippen LogP contribution is 2.22. The molecule has 3 rings (SSSR count). The van der Waals surface area contributed by atoms with Crippen molar-refractivity contribution in [3.63, 3.8) is 0 Å². The van der Waals surface area contributed by atoms with Crippen molar-refractivity contribution in [2.45, 2.75) is 33.1 Å². The van der Waals surface area contributed by atoms with Crippen LogP contribution in [-0.4, -0.2) is 45.7 Å². The summed E-state index contributed by atoms with van der Waals surface area (Å²) in [5.41, 5.74) is 2.14. The van der Waals surface area contributed by atoms with Gasteiger partial charge in [0.1, 0.15) is 5.82 Å². The highest BCUT2D eigenvalue weighted by molar-refractivity contribution is 7.09. The molecule has 128 valence electrons. The number of hydrogen-bond donors (Lipinski definition) is 2. The van der Waals surface area contributed by atoms with Gasteiger partial charge in [0.05, 0.1) is 5.01 Å². The minimum atomic E-state index is -0.983. The van der Waals surface area contributed by atoms with Crippen LogP contribution in [-0.2, 0) is 6.42 Å². The Morgan fingerprint density at radius 2 is 2.04 bits per heavy atom. The third-order valence-electron chi connectivity index (χ3n) is 4.17. The maximum atomic E-state index is 10.9. The van der Waals surface area contributed by atoms with Crippen molar-refractivity contribution in [1.82, 2.24) is 15.0 Å². The number of aromatic nitrogens is 3. The Hall–Kier alpha value is -2.22. The summed E-state index contributed by atoms with van der Waals surface area (Å²) >= 11 is 1.37. The van der Waals surface area contributed by atoms with Crippen molar-refractivity contribution >= 4 is 29.1 Å². The molecule has 24 heavy (non-hydrogen) atoms. The van der Waals surface area contributed by atoms with Gasteiger partial charge in [-0.25, -0.2) is 14.8 Å². The van der Waals surface area contributed by atoms with E-state index in [-0.39, 0.29) is 5.69 Å². The first-order chi connectivity index (χ1) is 11.5. The Labute approximate surface area is 144 Å². The summed E-state index contributed by atoms with van der Waals surface area (Å²) in [7, 11) is 0. The average molecular weight is 347 g/mol. The van der Waals surface area contributed by atoms with E-state index in [4.69, 9.17) is 5.11 Å². The smallest absolute Gasteiger partial charge is 0.355 e. The van der Waals surface area contributed by atoms with E-state index < -0.39 is 5.97 Å². The fraction of sp³-hybridized carbons (Fsp3) is 0.500. The summed E-state index contributed by atoms with van der Waals surface area (Å²) in [5, 5.41) is 14.6. The number of nitrogens with zero attached hydrogens (tertiary/aromatic N) is 4. The number of aromatic carboxylic acids is 1. The fourth-order valence-corrected chi connectivity index (χ4v) is 3.43. The lowest BCUT2D eigenvalue weighted by molar-refractivity contribution is 0.0691. The van der Waals surface area contributed by atoms with Gasteiger partial charge in [-0.3, -0.25) is 0 Å². The van der Waals surface area contributed by atoms with Crippen LogP contribution in [0, 0.1) is 13.8 Å². The quantitative estimate of drug-likeness (QED) is 0.829. The van der Waals surface area contributed by atoms with Crippen LogP contribution in [0.15, 0.2) is 5.38 Å². The van der Waals surface area contributed by atoms with Crippen LogP contribution in [0.4, 0.5) is 11.8 Å². The monoisotopic (exact) mass is 347 g/mol. The lowest BCUT2D eigenvalue weighted by Crippen LogP contribution is -2.22. The molecule has 2 aromatic rings. The Kier molecular flexibility index (Phi) is 4.94. The number of carboxylic acids is 1. The fourth-order valence-electron chi connectivity index (χ4n) is 2.66. The van der Waals surface area contributed by atoms with E-state index >= 15 is 0 Å². The van der Waals surface area contributed by atoms with Gasteiger partial charge in [0.2, 0.25) is 5.95 Å². The van der Waals surface area contributed by atoms with E-state index in [1.54, 1.807) is 5.38 Å². The number of nitrogens with one attached hydrogen (secondary N) is 1. The number of carboxylic acid groups (broad SMARTS) is 1. The molecule has 0 amide bonds. The average Bonchev–Trinajstić information content (AvgIpc) is 3.22. The molecule has 0 unspecified atom stereocenters. The molecule has 7 nitrogen and oxygen atoms in total. The summed E-state index contributed by atoms with van der Waals surface area (Å²) in [5.74, 6) is 0.655. The third-order valence-corrected chi connectivity index (χ3v) is 5.08. The van der Waals surface area contributed by atoms with E-state index in [1.165, 1.54) is 24.2 Å². The summed E-state index contributed by atoms with van der Waals surface area (Å²) in [6.07, 6.45) is 3.05. The molecule has 0 saturated carbocycles. The number of rotatable bonds is 6. The molecule has 0 bridgehead atoms. The van der Waals surface area contributed by atoms with Gasteiger partial charge >= 0.3 is 5.97 Å².